The van der Waals surface area contributed by atoms with Crippen molar-refractivity contribution < 1.29 is 9.53 Å². The molecule has 0 unspecified atom stereocenters. The van der Waals surface area contributed by atoms with Crippen LogP contribution in [0, 0.1) is 12.3 Å². The van der Waals surface area contributed by atoms with Gasteiger partial charge < -0.3 is 15.8 Å². The van der Waals surface area contributed by atoms with E-state index in [4.69, 9.17) is 11.2 Å². The van der Waals surface area contributed by atoms with Crippen LogP contribution in [0.3, 0.4) is 0 Å². The summed E-state index contributed by atoms with van der Waals surface area (Å²) in [6.45, 7) is 4.28. The molecular weight excluding hydrogens is 672 g/mol. The summed E-state index contributed by atoms with van der Waals surface area (Å²) in [5.41, 5.74) is 5.61. The van der Waals surface area contributed by atoms with E-state index in [1.165, 1.54) is 7.05 Å². The Hall–Kier alpha value is -3.19. The lowest BCUT2D eigenvalue weighted by molar-refractivity contribution is -0.120. The molecule has 0 saturated heterocycles. The maximum absolute atomic E-state index is 11.0. The molecule has 63 N–H and O–H groups in total. The van der Waals surface area contributed by atoms with Gasteiger partial charge in [-0.1, -0.05) is 31.9 Å². The van der Waals surface area contributed by atoms with Crippen LogP contribution in [0.4, 0.5) is 0 Å². The van der Waals surface area contributed by atoms with Crippen molar-refractivity contribution in [2.45, 2.75) is 26.7 Å². The molecule has 34 nitrogen and oxygen atoms in total. The van der Waals surface area contributed by atoms with E-state index in [9.17, 15) is 4.79 Å². The number of rotatable bonds is 5. The number of carbonyl (C=O) groups excluding carboxylic acids is 1. The van der Waals surface area contributed by atoms with E-state index in [0.29, 0.717) is 6.42 Å². The van der Waals surface area contributed by atoms with Crippen molar-refractivity contribution in [1.29, 1.82) is 0 Å². The fourth-order valence-corrected chi connectivity index (χ4v) is 1.26. The van der Waals surface area contributed by atoms with Crippen LogP contribution in [0.2, 0.25) is 0 Å². The molecule has 0 saturated carbocycles. The first-order valence-corrected chi connectivity index (χ1v) is 11.7. The zero-order valence-corrected chi connectivity index (χ0v) is 30.2. The van der Waals surface area contributed by atoms with E-state index >= 15 is 0 Å². The number of nitrogens with two attached hydrogens (primary N) is 31. The molecule has 0 aromatic heterocycles. The minimum atomic E-state index is 0.0488. The van der Waals surface area contributed by atoms with Gasteiger partial charge in [-0.05, 0) is 31.2 Å². The van der Waals surface area contributed by atoms with Crippen molar-refractivity contribution in [2.75, 3.05) is 20.7 Å². The zero-order valence-electron chi connectivity index (χ0n) is 30.2. The Morgan fingerprint density at radius 3 is 0.940 bits per heavy atom. The number of amides is 1. The first kappa shape index (κ1) is 111. The average Bonchev–Trinajstić information content (AvgIpc) is 3.31. The Labute approximate surface area is 297 Å². The number of carbonyl (C=O) groups is 1. The maximum atomic E-state index is 11.0. The molecule has 0 bridgehead atoms. The molecule has 1 aromatic rings. The Morgan fingerprint density at radius 2 is 0.760 bits per heavy atom. The number of benzene rings is 1. The summed E-state index contributed by atoms with van der Waals surface area (Å²) in [7, 11) is 3.14. The van der Waals surface area contributed by atoms with Crippen LogP contribution in [0.15, 0.2) is 24.3 Å². The second-order valence-electron chi connectivity index (χ2n) is 3.31. The van der Waals surface area contributed by atoms with Gasteiger partial charge in [-0.3, -0.25) is 180 Å². The first-order chi connectivity index (χ1) is 24.8. The third kappa shape index (κ3) is 271. The fraction of sp³-hybridized carbons (Fsp3) is 0.438. The summed E-state index contributed by atoms with van der Waals surface area (Å²) in [5, 5.41) is 2.59. The molecule has 0 fully saturated rings. The van der Waals surface area contributed by atoms with E-state index in [0.717, 1.165) is 17.7 Å². The number of ether oxygens (including phenoxy) is 1. The largest absolute Gasteiger partial charge is 0.481 e. The molecule has 0 aliphatic carbocycles. The van der Waals surface area contributed by atoms with Gasteiger partial charge in [-0.2, -0.15) is 0 Å². The topological polar surface area (TPSA) is 845 Å². The van der Waals surface area contributed by atoms with Gasteiger partial charge in [0, 0.05) is 13.5 Å². The van der Waals surface area contributed by atoms with Crippen molar-refractivity contribution >= 4 is 5.91 Å². The van der Waals surface area contributed by atoms with Crippen molar-refractivity contribution in [3.8, 4) is 18.1 Å². The Balaban J connectivity index is -0.0000000181. The van der Waals surface area contributed by atoms with Crippen LogP contribution in [-0.4, -0.2) is 26.6 Å². The van der Waals surface area contributed by atoms with Gasteiger partial charge in [-0.25, -0.2) is 0 Å². The van der Waals surface area contributed by atoms with Crippen LogP contribution in [0.1, 0.15) is 25.8 Å². The second kappa shape index (κ2) is 368. The highest BCUT2D eigenvalue weighted by Crippen LogP contribution is 2.13. The van der Waals surface area contributed by atoms with Gasteiger partial charge >= 0.3 is 0 Å². The molecule has 0 aliphatic heterocycles. The molecule has 0 heterocycles. The van der Waals surface area contributed by atoms with Crippen molar-refractivity contribution in [3.63, 3.8) is 0 Å². The molecule has 34 heteroatoms. The number of hydrogen-bond donors (Lipinski definition) is 32. The Morgan fingerprint density at radius 1 is 0.540 bits per heavy atom. The second-order valence-corrected chi connectivity index (χ2v) is 3.31. The van der Waals surface area contributed by atoms with Crippen molar-refractivity contribution in [2.24, 2.45) is 181 Å². The first-order valence-electron chi connectivity index (χ1n) is 11.7. The van der Waals surface area contributed by atoms with Gasteiger partial charge in [0.1, 0.15) is 12.4 Å². The molecule has 1 amide bonds. The molecule has 50 heavy (non-hydrogen) atoms. The van der Waals surface area contributed by atoms with E-state index in [-0.39, 0.29) is 12.5 Å². The fourth-order valence-electron chi connectivity index (χ4n) is 1.26. The third-order valence-corrected chi connectivity index (χ3v) is 2.17. The predicted octanol–water partition coefficient (Wildman–Crippen LogP) is -15.7. The van der Waals surface area contributed by atoms with Crippen molar-refractivity contribution in [3.05, 3.63) is 29.8 Å². The highest BCUT2D eigenvalue weighted by atomic mass is 16.5. The Kier molecular flexibility index (Phi) is 814. The Bertz CT molecular complexity index is 418. The van der Waals surface area contributed by atoms with Crippen LogP contribution in [0.25, 0.3) is 0 Å². The predicted molar refractivity (Wildman–Crippen MR) is 210 cm³/mol. The number of terminal acetylenes is 1. The van der Waals surface area contributed by atoms with Crippen LogP contribution >= 0.6 is 0 Å². The molecule has 0 atom stereocenters. The summed E-state index contributed by atoms with van der Waals surface area (Å²) in [6.07, 6.45) is 6.32. The zero-order chi connectivity index (χ0) is 45.8. The molecule has 0 radical (unpaired) electrons. The molecular formula is C16H86N32O2. The minimum Gasteiger partial charge on any atom is -0.481 e. The SMILES string of the molecule is C#CCOc1ccc(CCC(=O)NC)cc1.CC.CN.NN.NN.NN.NN.NN.NN.NN.NN.NN.NN.NN.NN.NN.NN.NN. The summed E-state index contributed by atoms with van der Waals surface area (Å²) < 4.78 is 5.24. The van der Waals surface area contributed by atoms with E-state index in [1.807, 2.05) is 38.1 Å². The standard InChI is InChI=1S/C13H15NO2.C2H6.CH5N.15H4N2/c1-3-10-16-12-7-4-11(5-8-12)6-9-13(15)14-2;17*1-2/h1,4-5,7-8H,6,9-10H2,2H3,(H,14,15);1-2H3;2H2,1H3;15*1-2H2. The monoisotopic (exact) mass is 759 g/mol. The lowest BCUT2D eigenvalue weighted by Crippen LogP contribution is -2.17. The lowest BCUT2D eigenvalue weighted by atomic mass is 10.1. The normalized spacial score (nSPS) is 5.00. The van der Waals surface area contributed by atoms with Crippen molar-refractivity contribution in [1.82, 2.24) is 5.32 Å². The molecule has 322 valence electrons. The maximum Gasteiger partial charge on any atom is 0.220 e. The quantitative estimate of drug-likeness (QED) is 0.0752. The number of hydrogen-bond acceptors (Lipinski definition) is 33. The van der Waals surface area contributed by atoms with Gasteiger partial charge in [0.05, 0.1) is 0 Å². The lowest BCUT2D eigenvalue weighted by Gasteiger charge is -2.04. The minimum absolute atomic E-state index is 0.0488. The van der Waals surface area contributed by atoms with Gasteiger partial charge in [0.25, 0.3) is 0 Å². The molecule has 0 aliphatic rings. The molecule has 0 spiro atoms. The molecule has 1 aromatic carbocycles. The molecule has 1 rings (SSSR count). The highest BCUT2D eigenvalue weighted by molar-refractivity contribution is 5.75. The number of aryl methyl sites for hydroxylation is 1. The van der Waals surface area contributed by atoms with Crippen LogP contribution in [-0.2, 0) is 11.2 Å². The highest BCUT2D eigenvalue weighted by Gasteiger charge is 1.99. The average molecular weight is 759 g/mol. The summed E-state index contributed by atoms with van der Waals surface area (Å²) in [4.78, 5) is 11.0. The summed E-state index contributed by atoms with van der Waals surface area (Å²) in [5.74, 6) is 123. The van der Waals surface area contributed by atoms with E-state index < -0.39 is 0 Å². The number of hydrazine groups is 15. The third-order valence-electron chi connectivity index (χ3n) is 2.17. The summed E-state index contributed by atoms with van der Waals surface area (Å²) >= 11 is 0. The van der Waals surface area contributed by atoms with Gasteiger partial charge in [0.2, 0.25) is 5.91 Å². The number of nitrogens with one attached hydrogen (secondary N) is 1. The van der Waals surface area contributed by atoms with Gasteiger partial charge in [0.15, 0.2) is 0 Å². The van der Waals surface area contributed by atoms with Gasteiger partial charge in [-0.15, -0.1) is 6.42 Å². The summed E-state index contributed by atoms with van der Waals surface area (Å²) in [6, 6.07) is 7.59. The van der Waals surface area contributed by atoms with E-state index in [2.05, 4.69) is 192 Å². The van der Waals surface area contributed by atoms with E-state index in [1.54, 1.807) is 7.05 Å². The van der Waals surface area contributed by atoms with Crippen LogP contribution < -0.4 is 191 Å². The smallest absolute Gasteiger partial charge is 0.220 e. The van der Waals surface area contributed by atoms with Crippen LogP contribution in [0.5, 0.6) is 5.75 Å².